The van der Waals surface area contributed by atoms with Crippen LogP contribution in [0.2, 0.25) is 0 Å². The molecule has 0 saturated carbocycles. The molecule has 8 nitrogen and oxygen atoms in total. The van der Waals surface area contributed by atoms with E-state index in [-0.39, 0.29) is 28.9 Å². The highest BCUT2D eigenvalue weighted by molar-refractivity contribution is 7.92. The summed E-state index contributed by atoms with van der Waals surface area (Å²) in [5.41, 5.74) is 0.329. The molecule has 0 aliphatic rings. The summed E-state index contributed by atoms with van der Waals surface area (Å²) >= 11 is 0. The molecule has 38 heavy (non-hydrogen) atoms. The fraction of sp³-hybridized carbons (Fsp3) is 0.259. The zero-order valence-electron chi connectivity index (χ0n) is 21.5. The summed E-state index contributed by atoms with van der Waals surface area (Å²) in [6, 6.07) is 13.6. The lowest BCUT2D eigenvalue weighted by molar-refractivity contribution is 0.414. The van der Waals surface area contributed by atoms with E-state index >= 15 is 8.78 Å². The van der Waals surface area contributed by atoms with Crippen LogP contribution in [0.5, 0.6) is 5.75 Å². The Labute approximate surface area is 219 Å². The van der Waals surface area contributed by atoms with Crippen molar-refractivity contribution in [3.63, 3.8) is 0 Å². The molecule has 3 aromatic carbocycles. The highest BCUT2D eigenvalue weighted by atomic mass is 32.2. The van der Waals surface area contributed by atoms with Gasteiger partial charge in [0.2, 0.25) is 10.0 Å². The molecule has 1 heterocycles. The van der Waals surface area contributed by atoms with Crippen molar-refractivity contribution < 1.29 is 21.9 Å². The zero-order valence-corrected chi connectivity index (χ0v) is 22.3. The van der Waals surface area contributed by atoms with Gasteiger partial charge in [-0.2, -0.15) is 0 Å². The molecule has 0 spiro atoms. The Bertz CT molecular complexity index is 1640. The maximum Gasteiger partial charge on any atom is 0.260 e. The van der Waals surface area contributed by atoms with Crippen LogP contribution in [0.3, 0.4) is 0 Å². The Morgan fingerprint density at radius 3 is 2.42 bits per heavy atom. The fourth-order valence-corrected chi connectivity index (χ4v) is 5.69. The van der Waals surface area contributed by atoms with E-state index in [4.69, 9.17) is 4.74 Å². The first kappa shape index (κ1) is 27.1. The van der Waals surface area contributed by atoms with Crippen LogP contribution in [-0.4, -0.2) is 37.9 Å². The topological polar surface area (TPSA) is 84.7 Å². The molecule has 0 fully saturated rings. The lowest BCUT2D eigenvalue weighted by Gasteiger charge is -2.28. The number of rotatable bonds is 9. The zero-order chi connectivity index (χ0) is 27.6. The van der Waals surface area contributed by atoms with Crippen molar-refractivity contribution >= 4 is 38.0 Å². The van der Waals surface area contributed by atoms with Crippen LogP contribution in [0, 0.1) is 11.6 Å². The normalized spacial score (nSPS) is 11.5. The number of sulfonamides is 1. The largest absolute Gasteiger partial charge is 0.497 e. The van der Waals surface area contributed by atoms with E-state index in [1.807, 2.05) is 0 Å². The minimum atomic E-state index is -3.95. The average molecular weight is 543 g/mol. The van der Waals surface area contributed by atoms with Crippen molar-refractivity contribution in [2.75, 3.05) is 29.1 Å². The molecule has 0 aliphatic carbocycles. The monoisotopic (exact) mass is 542 g/mol. The van der Waals surface area contributed by atoms with Crippen molar-refractivity contribution in [3.05, 3.63) is 88.5 Å². The number of aromatic nitrogens is 2. The molecule has 0 saturated heterocycles. The Kier molecular flexibility index (Phi) is 7.68. The number of aryl methyl sites for hydroxylation is 1. The summed E-state index contributed by atoms with van der Waals surface area (Å²) in [6.07, 6.45) is 1.71. The summed E-state index contributed by atoms with van der Waals surface area (Å²) in [5.74, 6) is -1.55. The van der Waals surface area contributed by atoms with Gasteiger partial charge in [-0.05, 0) is 54.4 Å². The third-order valence-electron chi connectivity index (χ3n) is 6.22. The smallest absolute Gasteiger partial charge is 0.260 e. The van der Waals surface area contributed by atoms with Crippen molar-refractivity contribution in [3.8, 4) is 5.75 Å². The highest BCUT2D eigenvalue weighted by Crippen LogP contribution is 2.37. The van der Waals surface area contributed by atoms with E-state index in [0.717, 1.165) is 16.4 Å². The number of hydrogen-bond acceptors (Lipinski definition) is 6. The van der Waals surface area contributed by atoms with Gasteiger partial charge in [-0.15, -0.1) is 0 Å². The van der Waals surface area contributed by atoms with Crippen LogP contribution in [0.25, 0.3) is 10.9 Å². The van der Waals surface area contributed by atoms with E-state index in [0.29, 0.717) is 28.9 Å². The molecule has 200 valence electrons. The van der Waals surface area contributed by atoms with Crippen molar-refractivity contribution in [2.45, 2.75) is 19.9 Å². The Morgan fingerprint density at radius 1 is 1.05 bits per heavy atom. The standard InChI is InChI=1S/C27H28F2N4O4S/c1-5-14-38(35,36)33(16-18-6-9-20(37-4)10-7-18)24-13-11-22(28)26(25(24)29)32(3)19-8-12-23-21(15-19)27(34)31(2)17-30-23/h6-13,15,17H,5,14,16H2,1-4H3. The molecule has 0 atom stereocenters. The van der Waals surface area contributed by atoms with Gasteiger partial charge in [-0.25, -0.2) is 22.2 Å². The quantitative estimate of drug-likeness (QED) is 0.304. The van der Waals surface area contributed by atoms with Crippen LogP contribution < -0.4 is 19.5 Å². The highest BCUT2D eigenvalue weighted by Gasteiger charge is 2.29. The summed E-state index contributed by atoms with van der Waals surface area (Å²) in [4.78, 5) is 18.0. The lowest BCUT2D eigenvalue weighted by atomic mass is 10.1. The number of benzene rings is 3. The van der Waals surface area contributed by atoms with Gasteiger partial charge in [0, 0.05) is 19.8 Å². The molecule has 0 N–H and O–H groups in total. The van der Waals surface area contributed by atoms with Crippen molar-refractivity contribution in [2.24, 2.45) is 7.05 Å². The van der Waals surface area contributed by atoms with Gasteiger partial charge in [-0.3, -0.25) is 9.10 Å². The fourth-order valence-electron chi connectivity index (χ4n) is 4.17. The molecule has 4 rings (SSSR count). The first-order chi connectivity index (χ1) is 18.1. The molecule has 0 radical (unpaired) electrons. The molecule has 0 aliphatic heterocycles. The van der Waals surface area contributed by atoms with Crippen molar-refractivity contribution in [1.29, 1.82) is 0 Å². The Hall–Kier alpha value is -3.99. The van der Waals surface area contributed by atoms with E-state index in [1.54, 1.807) is 50.4 Å². The molecule has 4 aromatic rings. The van der Waals surface area contributed by atoms with Crippen LogP contribution in [0.1, 0.15) is 18.9 Å². The number of methoxy groups -OCH3 is 1. The second-order valence-electron chi connectivity index (χ2n) is 8.82. The minimum absolute atomic E-state index is 0.157. The third kappa shape index (κ3) is 5.19. The maximum absolute atomic E-state index is 16.1. The second kappa shape index (κ2) is 10.8. The van der Waals surface area contributed by atoms with Gasteiger partial charge in [0.15, 0.2) is 5.82 Å². The maximum atomic E-state index is 16.1. The van der Waals surface area contributed by atoms with Crippen LogP contribution in [-0.2, 0) is 23.6 Å². The third-order valence-corrected chi connectivity index (χ3v) is 8.14. The van der Waals surface area contributed by atoms with Gasteiger partial charge in [0.05, 0.1) is 42.3 Å². The molecular formula is C27H28F2N4O4S. The molecule has 0 unspecified atom stereocenters. The molecular weight excluding hydrogens is 514 g/mol. The Morgan fingerprint density at radius 2 is 1.76 bits per heavy atom. The number of anilines is 3. The van der Waals surface area contributed by atoms with Gasteiger partial charge in [0.1, 0.15) is 17.3 Å². The van der Waals surface area contributed by atoms with E-state index in [1.165, 1.54) is 36.0 Å². The number of nitrogens with zero attached hydrogens (tertiary/aromatic N) is 4. The molecule has 11 heteroatoms. The first-order valence-electron chi connectivity index (χ1n) is 11.9. The lowest BCUT2D eigenvalue weighted by Crippen LogP contribution is -2.33. The van der Waals surface area contributed by atoms with E-state index in [9.17, 15) is 13.2 Å². The number of fused-ring (bicyclic) bond motifs is 1. The second-order valence-corrected chi connectivity index (χ2v) is 10.8. The van der Waals surface area contributed by atoms with Crippen LogP contribution >= 0.6 is 0 Å². The number of ether oxygens (including phenoxy) is 1. The first-order valence-corrected chi connectivity index (χ1v) is 13.5. The molecule has 0 amide bonds. The Balaban J connectivity index is 1.82. The minimum Gasteiger partial charge on any atom is -0.497 e. The van der Waals surface area contributed by atoms with Crippen molar-refractivity contribution in [1.82, 2.24) is 9.55 Å². The van der Waals surface area contributed by atoms with Gasteiger partial charge >= 0.3 is 0 Å². The van der Waals surface area contributed by atoms with E-state index in [2.05, 4.69) is 4.98 Å². The van der Waals surface area contributed by atoms with E-state index < -0.39 is 27.3 Å². The summed E-state index contributed by atoms with van der Waals surface area (Å²) < 4.78 is 65.1. The molecule has 0 bridgehead atoms. The predicted octanol–water partition coefficient (Wildman–Crippen LogP) is 4.73. The number of hydrogen-bond donors (Lipinski definition) is 0. The summed E-state index contributed by atoms with van der Waals surface area (Å²) in [6.45, 7) is 1.55. The predicted molar refractivity (Wildman–Crippen MR) is 145 cm³/mol. The average Bonchev–Trinajstić information content (AvgIpc) is 2.90. The van der Waals surface area contributed by atoms with Gasteiger partial charge in [0.25, 0.3) is 5.56 Å². The number of halogens is 2. The molecule has 1 aromatic heterocycles. The SMILES string of the molecule is CCCS(=O)(=O)N(Cc1ccc(OC)cc1)c1ccc(F)c(N(C)c2ccc3ncn(C)c(=O)c3c2)c1F. The summed E-state index contributed by atoms with van der Waals surface area (Å²) in [7, 11) is 0.568. The van der Waals surface area contributed by atoms with Crippen LogP contribution in [0.15, 0.2) is 65.7 Å². The van der Waals surface area contributed by atoms with Gasteiger partial charge in [-0.1, -0.05) is 19.1 Å². The van der Waals surface area contributed by atoms with Crippen LogP contribution in [0.4, 0.5) is 25.8 Å². The summed E-state index contributed by atoms with van der Waals surface area (Å²) in [5, 5.41) is 0.281. The van der Waals surface area contributed by atoms with Gasteiger partial charge < -0.3 is 14.2 Å².